The summed E-state index contributed by atoms with van der Waals surface area (Å²) in [7, 11) is 0. The minimum Gasteiger partial charge on any atom is -0.472 e. The monoisotopic (exact) mass is 442 g/mol. The fraction of sp³-hybridized carbons (Fsp3) is 0.741. The van der Waals surface area contributed by atoms with Crippen LogP contribution in [0.5, 0.6) is 0 Å². The fourth-order valence-corrected chi connectivity index (χ4v) is 8.56. The summed E-state index contributed by atoms with van der Waals surface area (Å²) in [4.78, 5) is 36.6. The minimum absolute atomic E-state index is 0.0342. The van der Waals surface area contributed by atoms with Crippen molar-refractivity contribution in [2.24, 2.45) is 39.4 Å². The Kier molecular flexibility index (Phi) is 5.70. The number of rotatable bonds is 6. The topological polar surface area (TPSA) is 73.6 Å². The lowest BCUT2D eigenvalue weighted by molar-refractivity contribution is -0.154. The third-order valence-corrected chi connectivity index (χ3v) is 10.0. The number of carbonyl (C=O) groups excluding carboxylic acids is 3. The van der Waals surface area contributed by atoms with Gasteiger partial charge in [0.15, 0.2) is 0 Å². The molecule has 1 heterocycles. The number of carbonyl (C=O) groups is 3. The van der Waals surface area contributed by atoms with Crippen LogP contribution < -0.4 is 0 Å². The average Bonchev–Trinajstić information content (AvgIpc) is 3.35. The maximum Gasteiger partial charge on any atom is 0.303 e. The molecule has 0 saturated heterocycles. The van der Waals surface area contributed by atoms with E-state index in [1.807, 2.05) is 6.07 Å². The Morgan fingerprint density at radius 3 is 2.41 bits per heavy atom. The van der Waals surface area contributed by atoms with Gasteiger partial charge in [-0.2, -0.15) is 0 Å². The van der Waals surface area contributed by atoms with E-state index in [9.17, 15) is 14.4 Å². The summed E-state index contributed by atoms with van der Waals surface area (Å²) in [6.45, 7) is 10.4. The van der Waals surface area contributed by atoms with Gasteiger partial charge in [0.1, 0.15) is 18.7 Å². The SMILES string of the molecule is CC(=O)O[C@H](C[C@@H]1[C@@]2(C)CC[C@H]3[C@@](C)(CCC[C@]3(C)C=O)[C@@H]2C[C@@]1(C)C=O)c1ccoc1. The molecule has 0 aliphatic heterocycles. The van der Waals surface area contributed by atoms with Crippen LogP contribution >= 0.6 is 0 Å². The van der Waals surface area contributed by atoms with Crippen molar-refractivity contribution >= 4 is 18.5 Å². The van der Waals surface area contributed by atoms with E-state index in [-0.39, 0.29) is 28.1 Å². The maximum atomic E-state index is 12.6. The Hall–Kier alpha value is -1.91. The number of hydrogen-bond donors (Lipinski definition) is 0. The summed E-state index contributed by atoms with van der Waals surface area (Å²) in [5.74, 6) is 0.468. The van der Waals surface area contributed by atoms with E-state index < -0.39 is 11.5 Å². The first-order valence-corrected chi connectivity index (χ1v) is 12.1. The summed E-state index contributed by atoms with van der Waals surface area (Å²) >= 11 is 0. The van der Waals surface area contributed by atoms with Crippen molar-refractivity contribution in [2.45, 2.75) is 85.7 Å². The van der Waals surface area contributed by atoms with Gasteiger partial charge in [-0.3, -0.25) is 4.79 Å². The predicted molar refractivity (Wildman–Crippen MR) is 121 cm³/mol. The van der Waals surface area contributed by atoms with Crippen LogP contribution in [-0.4, -0.2) is 18.5 Å². The number of hydrogen-bond acceptors (Lipinski definition) is 5. The van der Waals surface area contributed by atoms with Gasteiger partial charge in [0.2, 0.25) is 0 Å². The second kappa shape index (κ2) is 7.85. The number of furan rings is 1. The molecule has 3 saturated carbocycles. The summed E-state index contributed by atoms with van der Waals surface area (Å²) in [5, 5.41) is 0. The van der Waals surface area contributed by atoms with Crippen LogP contribution in [0, 0.1) is 39.4 Å². The molecule has 0 spiro atoms. The minimum atomic E-state index is -0.492. The zero-order valence-electron chi connectivity index (χ0n) is 20.2. The zero-order chi connectivity index (χ0) is 23.4. The smallest absolute Gasteiger partial charge is 0.303 e. The van der Waals surface area contributed by atoms with Crippen LogP contribution in [-0.2, 0) is 19.1 Å². The number of fused-ring (bicyclic) bond motifs is 3. The normalized spacial score (nSPS) is 44.2. The Morgan fingerprint density at radius 2 is 1.81 bits per heavy atom. The van der Waals surface area contributed by atoms with Gasteiger partial charge in [0.05, 0.1) is 12.5 Å². The molecule has 3 fully saturated rings. The highest BCUT2D eigenvalue weighted by atomic mass is 16.5. The second-order valence-corrected chi connectivity index (χ2v) is 11.9. The first-order chi connectivity index (χ1) is 15.0. The van der Waals surface area contributed by atoms with Gasteiger partial charge in [-0.1, -0.05) is 34.1 Å². The number of esters is 1. The highest BCUT2D eigenvalue weighted by Gasteiger charge is 2.67. The van der Waals surface area contributed by atoms with Gasteiger partial charge in [0.25, 0.3) is 0 Å². The van der Waals surface area contributed by atoms with Gasteiger partial charge in [-0.05, 0) is 73.2 Å². The average molecular weight is 443 g/mol. The van der Waals surface area contributed by atoms with Crippen LogP contribution in [0.4, 0.5) is 0 Å². The molecule has 5 nitrogen and oxygen atoms in total. The van der Waals surface area contributed by atoms with Gasteiger partial charge < -0.3 is 18.7 Å². The molecular weight excluding hydrogens is 404 g/mol. The van der Waals surface area contributed by atoms with E-state index in [0.29, 0.717) is 18.3 Å². The van der Waals surface area contributed by atoms with Gasteiger partial charge >= 0.3 is 5.97 Å². The summed E-state index contributed by atoms with van der Waals surface area (Å²) in [6.07, 6.45) is 11.7. The molecule has 5 heteroatoms. The van der Waals surface area contributed by atoms with E-state index in [1.54, 1.807) is 12.5 Å². The lowest BCUT2D eigenvalue weighted by atomic mass is 9.43. The van der Waals surface area contributed by atoms with Gasteiger partial charge in [-0.25, -0.2) is 0 Å². The highest BCUT2D eigenvalue weighted by molar-refractivity contribution is 5.66. The molecule has 0 aromatic carbocycles. The molecule has 1 aromatic rings. The van der Waals surface area contributed by atoms with Crippen molar-refractivity contribution in [3.8, 4) is 0 Å². The van der Waals surface area contributed by atoms with E-state index >= 15 is 0 Å². The lowest BCUT2D eigenvalue weighted by Gasteiger charge is -2.61. The van der Waals surface area contributed by atoms with Crippen molar-refractivity contribution in [1.29, 1.82) is 0 Å². The second-order valence-electron chi connectivity index (χ2n) is 11.9. The van der Waals surface area contributed by atoms with Crippen LogP contribution in [0.3, 0.4) is 0 Å². The molecule has 0 amide bonds. The number of aldehydes is 2. The van der Waals surface area contributed by atoms with Crippen molar-refractivity contribution in [3.63, 3.8) is 0 Å². The number of ether oxygens (including phenoxy) is 1. The molecular formula is C27H38O5. The molecule has 0 unspecified atom stereocenters. The molecule has 0 N–H and O–H groups in total. The molecule has 0 bridgehead atoms. The van der Waals surface area contributed by atoms with Crippen molar-refractivity contribution < 1.29 is 23.5 Å². The van der Waals surface area contributed by atoms with E-state index in [4.69, 9.17) is 9.15 Å². The van der Waals surface area contributed by atoms with Crippen LogP contribution in [0.2, 0.25) is 0 Å². The Labute approximate surface area is 191 Å². The van der Waals surface area contributed by atoms with Crippen LogP contribution in [0.1, 0.15) is 91.2 Å². The molecule has 3 aliphatic rings. The van der Waals surface area contributed by atoms with E-state index in [2.05, 4.69) is 27.7 Å². The maximum absolute atomic E-state index is 12.6. The van der Waals surface area contributed by atoms with Crippen LogP contribution in [0.15, 0.2) is 23.0 Å². The fourth-order valence-electron chi connectivity index (χ4n) is 8.56. The Morgan fingerprint density at radius 1 is 1.09 bits per heavy atom. The lowest BCUT2D eigenvalue weighted by Crippen LogP contribution is -2.55. The molecule has 32 heavy (non-hydrogen) atoms. The molecule has 8 atom stereocenters. The summed E-state index contributed by atoms with van der Waals surface area (Å²) in [6, 6.07) is 1.84. The molecule has 0 radical (unpaired) electrons. The Balaban J connectivity index is 1.73. The Bertz CT molecular complexity index is 877. The van der Waals surface area contributed by atoms with E-state index in [0.717, 1.165) is 50.4 Å². The van der Waals surface area contributed by atoms with E-state index in [1.165, 1.54) is 13.2 Å². The third-order valence-electron chi connectivity index (χ3n) is 10.0. The van der Waals surface area contributed by atoms with Crippen molar-refractivity contribution in [3.05, 3.63) is 24.2 Å². The third kappa shape index (κ3) is 3.38. The first kappa shape index (κ1) is 23.3. The standard InChI is InChI=1S/C27H38O5/c1-18(30)32-20(19-8-12-31-15-19)13-22-25(3,17-29)14-23-26(4)10-6-9-24(2,16-28)21(26)7-11-27(22,23)5/h8,12,15-17,20-23H,6-7,9-11,13-14H2,1-5H3/t20-,21-,22+,23+,24-,25+,26-,27-/m1/s1. The quantitative estimate of drug-likeness (QED) is 0.403. The summed E-state index contributed by atoms with van der Waals surface area (Å²) < 4.78 is 11.0. The largest absolute Gasteiger partial charge is 0.472 e. The molecule has 176 valence electrons. The molecule has 4 rings (SSSR count). The first-order valence-electron chi connectivity index (χ1n) is 12.1. The molecule has 3 aliphatic carbocycles. The van der Waals surface area contributed by atoms with Crippen LogP contribution in [0.25, 0.3) is 0 Å². The highest BCUT2D eigenvalue weighted by Crippen LogP contribution is 2.73. The molecule has 1 aromatic heterocycles. The van der Waals surface area contributed by atoms with Crippen molar-refractivity contribution in [1.82, 2.24) is 0 Å². The van der Waals surface area contributed by atoms with Gasteiger partial charge in [0, 0.05) is 23.3 Å². The zero-order valence-corrected chi connectivity index (χ0v) is 20.2. The summed E-state index contributed by atoms with van der Waals surface area (Å²) in [5.41, 5.74) is 0.0539. The van der Waals surface area contributed by atoms with Gasteiger partial charge in [-0.15, -0.1) is 0 Å². The van der Waals surface area contributed by atoms with Crippen molar-refractivity contribution in [2.75, 3.05) is 0 Å². The predicted octanol–water partition coefficient (Wildman–Crippen LogP) is 5.93.